The highest BCUT2D eigenvalue weighted by atomic mass is 16.5. The van der Waals surface area contributed by atoms with Crippen molar-refractivity contribution in [1.82, 2.24) is 5.32 Å². The number of hydrogen-bond donors (Lipinski definition) is 2. The van der Waals surface area contributed by atoms with Crippen LogP contribution < -0.4 is 10.1 Å². The summed E-state index contributed by atoms with van der Waals surface area (Å²) in [5.41, 5.74) is 3.87. The molecule has 0 amide bonds. The Morgan fingerprint density at radius 2 is 2.11 bits per heavy atom. The zero-order chi connectivity index (χ0) is 13.0. The van der Waals surface area contributed by atoms with Crippen LogP contribution in [0.5, 0.6) is 5.75 Å². The van der Waals surface area contributed by atoms with E-state index >= 15 is 0 Å². The van der Waals surface area contributed by atoms with E-state index in [1.807, 2.05) is 0 Å². The second-order valence-electron chi connectivity index (χ2n) is 5.05. The van der Waals surface area contributed by atoms with Crippen molar-refractivity contribution >= 4 is 0 Å². The summed E-state index contributed by atoms with van der Waals surface area (Å²) >= 11 is 0. The molecule has 1 aliphatic heterocycles. The Morgan fingerprint density at radius 1 is 1.33 bits per heavy atom. The minimum absolute atomic E-state index is 0.246. The highest BCUT2D eigenvalue weighted by Crippen LogP contribution is 2.33. The molecule has 1 aromatic rings. The number of benzene rings is 1. The Labute approximate surface area is 109 Å². The third-order valence-electron chi connectivity index (χ3n) is 3.62. The summed E-state index contributed by atoms with van der Waals surface area (Å²) in [6.07, 6.45) is 2.97. The Hall–Kier alpha value is -1.06. The average Bonchev–Trinajstić information content (AvgIpc) is 2.54. The van der Waals surface area contributed by atoms with E-state index in [9.17, 15) is 0 Å². The summed E-state index contributed by atoms with van der Waals surface area (Å²) in [5, 5.41) is 12.4. The van der Waals surface area contributed by atoms with Gasteiger partial charge in [-0.25, -0.2) is 0 Å². The summed E-state index contributed by atoms with van der Waals surface area (Å²) in [4.78, 5) is 0. The van der Waals surface area contributed by atoms with Crippen LogP contribution in [0.25, 0.3) is 0 Å². The molecule has 3 nitrogen and oxygen atoms in total. The van der Waals surface area contributed by atoms with Crippen LogP contribution in [-0.4, -0.2) is 24.9 Å². The number of hydrogen-bond acceptors (Lipinski definition) is 3. The van der Waals surface area contributed by atoms with Gasteiger partial charge in [0.2, 0.25) is 0 Å². The van der Waals surface area contributed by atoms with Gasteiger partial charge in [0.15, 0.2) is 0 Å². The average molecular weight is 249 g/mol. The first-order valence-electron chi connectivity index (χ1n) is 6.80. The summed E-state index contributed by atoms with van der Waals surface area (Å²) in [5.74, 6) is 1.03. The molecule has 0 spiro atoms. The second kappa shape index (κ2) is 6.21. The van der Waals surface area contributed by atoms with Crippen LogP contribution in [0.4, 0.5) is 0 Å². The fourth-order valence-electron chi connectivity index (χ4n) is 2.40. The smallest absolute Gasteiger partial charge is 0.124 e. The van der Waals surface area contributed by atoms with E-state index in [1.54, 1.807) is 0 Å². The fourth-order valence-corrected chi connectivity index (χ4v) is 2.40. The van der Waals surface area contributed by atoms with Gasteiger partial charge in [-0.2, -0.15) is 0 Å². The van der Waals surface area contributed by atoms with Gasteiger partial charge < -0.3 is 15.2 Å². The van der Waals surface area contributed by atoms with Crippen molar-refractivity contribution < 1.29 is 9.84 Å². The number of rotatable bonds is 4. The highest BCUT2D eigenvalue weighted by molar-refractivity contribution is 5.44. The van der Waals surface area contributed by atoms with Gasteiger partial charge in [0.05, 0.1) is 6.61 Å². The van der Waals surface area contributed by atoms with E-state index < -0.39 is 0 Å². The summed E-state index contributed by atoms with van der Waals surface area (Å²) in [6.45, 7) is 6.17. The van der Waals surface area contributed by atoms with Crippen LogP contribution in [0.3, 0.4) is 0 Å². The molecule has 1 heterocycles. The number of aliphatic hydroxyl groups is 1. The maximum atomic E-state index is 8.86. The van der Waals surface area contributed by atoms with Gasteiger partial charge in [-0.15, -0.1) is 0 Å². The molecule has 100 valence electrons. The maximum Gasteiger partial charge on any atom is 0.124 e. The molecule has 1 aromatic carbocycles. The molecule has 0 saturated carbocycles. The predicted molar refractivity (Wildman–Crippen MR) is 73.1 cm³/mol. The first kappa shape index (κ1) is 13.4. The van der Waals surface area contributed by atoms with Crippen LogP contribution in [-0.2, 0) is 0 Å². The lowest BCUT2D eigenvalue weighted by atomic mass is 9.97. The van der Waals surface area contributed by atoms with Crippen LogP contribution in [0.2, 0.25) is 0 Å². The predicted octanol–water partition coefficient (Wildman–Crippen LogP) is 2.49. The molecule has 0 fully saturated rings. The Bertz CT molecular complexity index is 404. The molecule has 1 unspecified atom stereocenters. The Morgan fingerprint density at radius 3 is 2.89 bits per heavy atom. The van der Waals surface area contributed by atoms with Gasteiger partial charge in [-0.1, -0.05) is 6.07 Å². The van der Waals surface area contributed by atoms with Gasteiger partial charge in [0, 0.05) is 18.2 Å². The minimum Gasteiger partial charge on any atom is -0.493 e. The minimum atomic E-state index is 0.246. The molecule has 0 aromatic heterocycles. The van der Waals surface area contributed by atoms with Crippen LogP contribution >= 0.6 is 0 Å². The molecule has 1 aliphatic rings. The Balaban J connectivity index is 2.20. The van der Waals surface area contributed by atoms with Crippen molar-refractivity contribution in [2.75, 3.05) is 19.8 Å². The monoisotopic (exact) mass is 249 g/mol. The number of nitrogens with one attached hydrogen (secondary N) is 1. The van der Waals surface area contributed by atoms with Crippen LogP contribution in [0.1, 0.15) is 42.0 Å². The summed E-state index contributed by atoms with van der Waals surface area (Å²) < 4.78 is 5.83. The molecule has 0 bridgehead atoms. The Kier molecular flexibility index (Phi) is 4.61. The highest BCUT2D eigenvalue weighted by Gasteiger charge is 2.19. The molecule has 18 heavy (non-hydrogen) atoms. The number of aliphatic hydroxyl groups excluding tert-OH is 1. The normalized spacial score (nSPS) is 18.9. The van der Waals surface area contributed by atoms with Crippen molar-refractivity contribution in [3.8, 4) is 5.75 Å². The van der Waals surface area contributed by atoms with E-state index in [0.717, 1.165) is 38.2 Å². The molecule has 2 N–H and O–H groups in total. The van der Waals surface area contributed by atoms with Gasteiger partial charge >= 0.3 is 0 Å². The number of aryl methyl sites for hydroxylation is 2. The van der Waals surface area contributed by atoms with Crippen molar-refractivity contribution in [2.24, 2.45) is 0 Å². The number of fused-ring (bicyclic) bond motifs is 1. The lowest BCUT2D eigenvalue weighted by Crippen LogP contribution is -2.23. The number of ether oxygens (including phenoxy) is 1. The largest absolute Gasteiger partial charge is 0.493 e. The van der Waals surface area contributed by atoms with E-state index in [2.05, 4.69) is 31.3 Å². The molecular weight excluding hydrogens is 226 g/mol. The van der Waals surface area contributed by atoms with Crippen molar-refractivity contribution in [2.45, 2.75) is 39.2 Å². The maximum absolute atomic E-state index is 8.86. The third-order valence-corrected chi connectivity index (χ3v) is 3.62. The SMILES string of the molecule is Cc1cc2c(cc1C)C(NCCCO)CCCO2. The first-order valence-corrected chi connectivity index (χ1v) is 6.80. The van der Waals surface area contributed by atoms with Crippen molar-refractivity contribution in [1.29, 1.82) is 0 Å². The molecule has 2 rings (SSSR count). The van der Waals surface area contributed by atoms with Gasteiger partial charge in [0.25, 0.3) is 0 Å². The molecule has 0 radical (unpaired) electrons. The van der Waals surface area contributed by atoms with Crippen LogP contribution in [0, 0.1) is 13.8 Å². The van der Waals surface area contributed by atoms with E-state index in [0.29, 0.717) is 6.04 Å². The topological polar surface area (TPSA) is 41.5 Å². The standard InChI is InChI=1S/C15H23NO2/c1-11-9-13-14(16-6-4-7-17)5-3-8-18-15(13)10-12(11)2/h9-10,14,16-17H,3-8H2,1-2H3. The zero-order valence-corrected chi connectivity index (χ0v) is 11.3. The van der Waals surface area contributed by atoms with Crippen molar-refractivity contribution in [3.63, 3.8) is 0 Å². The molecule has 1 atom stereocenters. The van der Waals surface area contributed by atoms with Gasteiger partial charge in [0.1, 0.15) is 5.75 Å². The lowest BCUT2D eigenvalue weighted by molar-refractivity contribution is 0.282. The molecule has 0 saturated heterocycles. The lowest BCUT2D eigenvalue weighted by Gasteiger charge is -2.19. The fraction of sp³-hybridized carbons (Fsp3) is 0.600. The van der Waals surface area contributed by atoms with E-state index in [1.165, 1.54) is 16.7 Å². The molecular formula is C15H23NO2. The van der Waals surface area contributed by atoms with Gasteiger partial charge in [-0.05, 0) is 56.8 Å². The van der Waals surface area contributed by atoms with E-state index in [-0.39, 0.29) is 6.61 Å². The third kappa shape index (κ3) is 3.03. The van der Waals surface area contributed by atoms with Gasteiger partial charge in [-0.3, -0.25) is 0 Å². The quantitative estimate of drug-likeness (QED) is 0.806. The summed E-state index contributed by atoms with van der Waals surface area (Å²) in [6, 6.07) is 4.75. The van der Waals surface area contributed by atoms with Crippen LogP contribution in [0.15, 0.2) is 12.1 Å². The first-order chi connectivity index (χ1) is 8.72. The molecule has 0 aliphatic carbocycles. The summed E-state index contributed by atoms with van der Waals surface area (Å²) in [7, 11) is 0. The zero-order valence-electron chi connectivity index (χ0n) is 11.3. The molecule has 3 heteroatoms. The van der Waals surface area contributed by atoms with E-state index in [4.69, 9.17) is 9.84 Å². The van der Waals surface area contributed by atoms with Crippen molar-refractivity contribution in [3.05, 3.63) is 28.8 Å². The second-order valence-corrected chi connectivity index (χ2v) is 5.05.